The second kappa shape index (κ2) is 11.0. The highest BCUT2D eigenvalue weighted by molar-refractivity contribution is 5.80. The average molecular weight is 463 g/mol. The zero-order valence-corrected chi connectivity index (χ0v) is 19.8. The largest absolute Gasteiger partial charge is 0.497 e. The molecule has 0 radical (unpaired) electrons. The van der Waals surface area contributed by atoms with Crippen molar-refractivity contribution in [3.63, 3.8) is 0 Å². The lowest BCUT2D eigenvalue weighted by atomic mass is 10.1. The van der Waals surface area contributed by atoms with Crippen molar-refractivity contribution in [2.45, 2.75) is 39.0 Å². The van der Waals surface area contributed by atoms with Crippen molar-refractivity contribution < 1.29 is 9.47 Å². The fraction of sp³-hybridized carbons (Fsp3) is 0.360. The van der Waals surface area contributed by atoms with Crippen molar-refractivity contribution >= 4 is 10.9 Å². The van der Waals surface area contributed by atoms with Crippen LogP contribution >= 0.6 is 0 Å². The maximum Gasteiger partial charge on any atom is 0.252 e. The minimum atomic E-state index is -0.118. The summed E-state index contributed by atoms with van der Waals surface area (Å²) in [4.78, 5) is 18.3. The first kappa shape index (κ1) is 23.6. The van der Waals surface area contributed by atoms with Gasteiger partial charge in [0.05, 0.1) is 31.8 Å². The molecule has 2 aromatic heterocycles. The summed E-state index contributed by atoms with van der Waals surface area (Å²) in [5, 5.41) is 13.4. The molecule has 2 aromatic carbocycles. The molecule has 0 saturated heterocycles. The molecule has 0 aliphatic rings. The van der Waals surface area contributed by atoms with Crippen LogP contribution < -0.4 is 10.3 Å². The van der Waals surface area contributed by atoms with Gasteiger partial charge in [0.25, 0.3) is 5.56 Å². The molecule has 4 rings (SSSR count). The Hall–Kier alpha value is -3.56. The van der Waals surface area contributed by atoms with E-state index in [0.29, 0.717) is 37.6 Å². The minimum Gasteiger partial charge on any atom is -0.497 e. The fourth-order valence-electron chi connectivity index (χ4n) is 4.17. The molecule has 2 heterocycles. The highest BCUT2D eigenvalue weighted by Gasteiger charge is 2.26. The van der Waals surface area contributed by atoms with Gasteiger partial charge >= 0.3 is 0 Å². The fourth-order valence-corrected chi connectivity index (χ4v) is 4.17. The van der Waals surface area contributed by atoms with Crippen LogP contribution in [0.1, 0.15) is 36.3 Å². The Kier molecular flexibility index (Phi) is 7.66. The van der Waals surface area contributed by atoms with Gasteiger partial charge in [0.2, 0.25) is 0 Å². The number of hydrogen-bond donors (Lipinski definition) is 1. The summed E-state index contributed by atoms with van der Waals surface area (Å²) >= 11 is 0. The molecule has 0 amide bonds. The summed E-state index contributed by atoms with van der Waals surface area (Å²) in [6.07, 6.45) is 0.781. The Labute approximate surface area is 198 Å². The summed E-state index contributed by atoms with van der Waals surface area (Å²) < 4.78 is 12.3. The lowest BCUT2D eigenvalue weighted by Crippen LogP contribution is -2.32. The van der Waals surface area contributed by atoms with E-state index in [4.69, 9.17) is 9.47 Å². The normalized spacial score (nSPS) is 12.4. The Morgan fingerprint density at radius 3 is 2.65 bits per heavy atom. The summed E-state index contributed by atoms with van der Waals surface area (Å²) in [5.41, 5.74) is 2.47. The van der Waals surface area contributed by atoms with Crippen molar-refractivity contribution in [1.29, 1.82) is 0 Å². The Morgan fingerprint density at radius 1 is 1.09 bits per heavy atom. The van der Waals surface area contributed by atoms with E-state index >= 15 is 0 Å². The van der Waals surface area contributed by atoms with Gasteiger partial charge in [-0.15, -0.1) is 5.10 Å². The number of tetrazole rings is 1. The predicted octanol–water partition coefficient (Wildman–Crippen LogP) is 3.32. The van der Waals surface area contributed by atoms with Gasteiger partial charge in [0, 0.05) is 31.8 Å². The molecule has 9 nitrogen and oxygen atoms in total. The van der Waals surface area contributed by atoms with Crippen LogP contribution in [0.2, 0.25) is 0 Å². The molecule has 34 heavy (non-hydrogen) atoms. The second-order valence-corrected chi connectivity index (χ2v) is 8.14. The topological polar surface area (TPSA) is 98.2 Å². The van der Waals surface area contributed by atoms with Gasteiger partial charge in [-0.1, -0.05) is 37.3 Å². The van der Waals surface area contributed by atoms with E-state index in [0.717, 1.165) is 28.7 Å². The number of aromatic nitrogens is 5. The smallest absolute Gasteiger partial charge is 0.252 e. The average Bonchev–Trinajstić information content (AvgIpc) is 3.32. The summed E-state index contributed by atoms with van der Waals surface area (Å²) in [6, 6.07) is 17.8. The van der Waals surface area contributed by atoms with Gasteiger partial charge in [0.15, 0.2) is 5.82 Å². The molecule has 1 atom stereocenters. The molecule has 0 spiro atoms. The Balaban J connectivity index is 1.71. The van der Waals surface area contributed by atoms with Crippen LogP contribution in [0, 0.1) is 0 Å². The minimum absolute atomic E-state index is 0.0852. The predicted molar refractivity (Wildman–Crippen MR) is 130 cm³/mol. The number of nitrogens with zero attached hydrogens (tertiary/aromatic N) is 5. The van der Waals surface area contributed by atoms with Crippen molar-refractivity contribution in [3.8, 4) is 5.75 Å². The first-order chi connectivity index (χ1) is 16.6. The zero-order valence-electron chi connectivity index (χ0n) is 19.8. The van der Waals surface area contributed by atoms with E-state index in [2.05, 4.69) is 44.5 Å². The molecule has 1 N–H and O–H groups in total. The lowest BCUT2D eigenvalue weighted by Gasteiger charge is -2.30. The van der Waals surface area contributed by atoms with Gasteiger partial charge < -0.3 is 14.5 Å². The quantitative estimate of drug-likeness (QED) is 0.365. The van der Waals surface area contributed by atoms with Crippen LogP contribution in [0.5, 0.6) is 5.75 Å². The third-order valence-electron chi connectivity index (χ3n) is 5.92. The third-order valence-corrected chi connectivity index (χ3v) is 5.92. The summed E-state index contributed by atoms with van der Waals surface area (Å²) in [6.45, 7) is 4.28. The van der Waals surface area contributed by atoms with Crippen LogP contribution in [0.3, 0.4) is 0 Å². The number of hydrogen-bond acceptors (Lipinski definition) is 7. The summed E-state index contributed by atoms with van der Waals surface area (Å²) in [5.74, 6) is 1.47. The van der Waals surface area contributed by atoms with Crippen molar-refractivity contribution in [3.05, 3.63) is 81.9 Å². The Morgan fingerprint density at radius 2 is 1.91 bits per heavy atom. The number of rotatable bonds is 11. The van der Waals surface area contributed by atoms with Gasteiger partial charge in [-0.25, -0.2) is 4.68 Å². The molecular formula is C25H30N6O3. The number of H-pyrrole nitrogens is 1. The number of fused-ring (bicyclic) bond motifs is 1. The van der Waals surface area contributed by atoms with Gasteiger partial charge in [-0.05, 0) is 46.0 Å². The number of ether oxygens (including phenoxy) is 2. The molecule has 9 heteroatoms. The molecule has 0 fully saturated rings. The van der Waals surface area contributed by atoms with Gasteiger partial charge in [0.1, 0.15) is 5.75 Å². The van der Waals surface area contributed by atoms with Crippen molar-refractivity contribution in [2.24, 2.45) is 0 Å². The van der Waals surface area contributed by atoms with E-state index < -0.39 is 0 Å². The monoisotopic (exact) mass is 462 g/mol. The first-order valence-corrected chi connectivity index (χ1v) is 11.4. The number of aromatic amines is 1. The molecule has 0 aliphatic heterocycles. The molecule has 0 aliphatic carbocycles. The number of methoxy groups -OCH3 is 2. The van der Waals surface area contributed by atoms with E-state index in [-0.39, 0.29) is 11.6 Å². The zero-order chi connectivity index (χ0) is 23.9. The SMILES string of the molecule is CC[C@@H](c1nnnn1CCOC)N(Cc1ccccc1)Cc1cc2ccc(OC)cc2[nH]c1=O. The number of nitrogens with one attached hydrogen (secondary N) is 1. The highest BCUT2D eigenvalue weighted by Crippen LogP contribution is 2.27. The molecule has 0 bridgehead atoms. The highest BCUT2D eigenvalue weighted by atomic mass is 16.5. The standard InChI is InChI=1S/C25H30N6O3/c1-4-23(24-27-28-29-31(24)12-13-33-2)30(16-18-8-6-5-7-9-18)17-20-14-19-10-11-21(34-3)15-22(19)26-25(20)32/h5-11,14-15,23H,4,12-13,16-17H2,1-3H3,(H,26,32)/t23-/m0/s1. The summed E-state index contributed by atoms with van der Waals surface area (Å²) in [7, 11) is 3.27. The Bertz CT molecular complexity index is 1270. The maximum absolute atomic E-state index is 13.0. The second-order valence-electron chi connectivity index (χ2n) is 8.14. The van der Waals surface area contributed by atoms with Crippen LogP contribution in [0.4, 0.5) is 0 Å². The third kappa shape index (κ3) is 5.32. The van der Waals surface area contributed by atoms with Gasteiger partial charge in [-0.3, -0.25) is 9.69 Å². The molecule has 0 unspecified atom stereocenters. The van der Waals surface area contributed by atoms with Crippen LogP contribution in [0.15, 0.2) is 59.4 Å². The van der Waals surface area contributed by atoms with E-state index in [1.54, 1.807) is 18.9 Å². The molecular weight excluding hydrogens is 432 g/mol. The van der Waals surface area contributed by atoms with E-state index in [9.17, 15) is 4.79 Å². The van der Waals surface area contributed by atoms with Crippen LogP contribution in [-0.2, 0) is 24.4 Å². The molecule has 178 valence electrons. The number of benzene rings is 2. The maximum atomic E-state index is 13.0. The number of pyridine rings is 1. The van der Waals surface area contributed by atoms with Crippen LogP contribution in [0.25, 0.3) is 10.9 Å². The van der Waals surface area contributed by atoms with Crippen molar-refractivity contribution in [1.82, 2.24) is 30.1 Å². The lowest BCUT2D eigenvalue weighted by molar-refractivity contribution is 0.151. The van der Waals surface area contributed by atoms with E-state index in [1.165, 1.54) is 0 Å². The van der Waals surface area contributed by atoms with Crippen molar-refractivity contribution in [2.75, 3.05) is 20.8 Å². The molecule has 0 saturated carbocycles. The molecule has 4 aromatic rings. The first-order valence-electron chi connectivity index (χ1n) is 11.4. The van der Waals surface area contributed by atoms with Gasteiger partial charge in [-0.2, -0.15) is 0 Å². The van der Waals surface area contributed by atoms with Crippen LogP contribution in [-0.4, -0.2) is 50.9 Å². The van der Waals surface area contributed by atoms with E-state index in [1.807, 2.05) is 42.5 Å².